The minimum atomic E-state index is -0.985. The monoisotopic (exact) mass is 249 g/mol. The van der Waals surface area contributed by atoms with Crippen molar-refractivity contribution >= 4 is 5.97 Å². The third-order valence-corrected chi connectivity index (χ3v) is 3.73. The van der Waals surface area contributed by atoms with E-state index in [0.29, 0.717) is 18.4 Å². The predicted octanol–water partition coefficient (Wildman–Crippen LogP) is 2.37. The molecule has 2 unspecified atom stereocenters. The number of hydrogen-bond acceptors (Lipinski definition) is 2. The number of rotatable bonds is 3. The number of carboxylic acids is 1. The van der Waals surface area contributed by atoms with Crippen molar-refractivity contribution in [2.75, 3.05) is 0 Å². The van der Waals surface area contributed by atoms with Gasteiger partial charge in [0.1, 0.15) is 0 Å². The zero-order valence-corrected chi connectivity index (χ0v) is 10.6. The van der Waals surface area contributed by atoms with Crippen LogP contribution in [0.4, 0.5) is 0 Å². The summed E-state index contributed by atoms with van der Waals surface area (Å²) in [6, 6.07) is 2.71. The first kappa shape index (κ1) is 12.9. The van der Waals surface area contributed by atoms with Gasteiger partial charge in [-0.3, -0.25) is 4.79 Å². The second-order valence-corrected chi connectivity index (χ2v) is 5.35. The highest BCUT2D eigenvalue weighted by molar-refractivity contribution is 5.87. The van der Waals surface area contributed by atoms with Crippen LogP contribution in [0.3, 0.4) is 0 Å². The molecule has 1 N–H and O–H groups in total. The summed E-state index contributed by atoms with van der Waals surface area (Å²) in [6.07, 6.45) is 6.20. The molecule has 0 aromatic carbocycles. The number of aromatic carboxylic acids is 1. The Morgan fingerprint density at radius 3 is 2.89 bits per heavy atom. The topological polar surface area (TPSA) is 59.3 Å². The fraction of sp³-hybridized carbons (Fsp3) is 0.571. The van der Waals surface area contributed by atoms with Crippen molar-refractivity contribution in [3.63, 3.8) is 0 Å². The van der Waals surface area contributed by atoms with Crippen molar-refractivity contribution in [3.8, 4) is 0 Å². The minimum absolute atomic E-state index is 0.113. The molecule has 0 aliphatic heterocycles. The fourth-order valence-corrected chi connectivity index (χ4v) is 2.80. The van der Waals surface area contributed by atoms with E-state index in [1.165, 1.54) is 31.2 Å². The number of hydrogen-bond donors (Lipinski definition) is 1. The van der Waals surface area contributed by atoms with Crippen molar-refractivity contribution in [2.24, 2.45) is 11.8 Å². The summed E-state index contributed by atoms with van der Waals surface area (Å²) < 4.78 is 1.55. The third kappa shape index (κ3) is 3.00. The van der Waals surface area contributed by atoms with Crippen molar-refractivity contribution in [1.82, 2.24) is 4.57 Å². The summed E-state index contributed by atoms with van der Waals surface area (Å²) >= 11 is 0. The van der Waals surface area contributed by atoms with Gasteiger partial charge in [-0.25, -0.2) is 4.79 Å². The molecule has 2 atom stereocenters. The molecule has 0 saturated heterocycles. The molecule has 0 amide bonds. The van der Waals surface area contributed by atoms with Gasteiger partial charge in [-0.1, -0.05) is 19.8 Å². The number of carbonyl (C=O) groups is 1. The molecule has 98 valence electrons. The number of aromatic nitrogens is 1. The van der Waals surface area contributed by atoms with Crippen LogP contribution >= 0.6 is 0 Å². The van der Waals surface area contributed by atoms with Gasteiger partial charge in [-0.05, 0) is 30.7 Å². The van der Waals surface area contributed by atoms with Crippen molar-refractivity contribution < 1.29 is 9.90 Å². The molecule has 1 aromatic heterocycles. The molecule has 1 heterocycles. The Morgan fingerprint density at radius 2 is 2.22 bits per heavy atom. The highest BCUT2D eigenvalue weighted by Gasteiger charge is 2.19. The molecule has 0 spiro atoms. The molecule has 1 aliphatic rings. The smallest absolute Gasteiger partial charge is 0.337 e. The third-order valence-electron chi connectivity index (χ3n) is 3.73. The lowest BCUT2D eigenvalue weighted by Crippen LogP contribution is -2.26. The van der Waals surface area contributed by atoms with Crippen LogP contribution in [0.2, 0.25) is 0 Å². The van der Waals surface area contributed by atoms with E-state index in [9.17, 15) is 9.59 Å². The molecule has 1 aromatic rings. The van der Waals surface area contributed by atoms with E-state index in [-0.39, 0.29) is 11.1 Å². The van der Waals surface area contributed by atoms with E-state index in [1.54, 1.807) is 4.57 Å². The highest BCUT2D eigenvalue weighted by Crippen LogP contribution is 2.29. The number of carboxylic acid groups (broad SMARTS) is 1. The van der Waals surface area contributed by atoms with E-state index < -0.39 is 5.97 Å². The molecule has 1 saturated carbocycles. The summed E-state index contributed by atoms with van der Waals surface area (Å²) in [4.78, 5) is 22.6. The van der Waals surface area contributed by atoms with Crippen LogP contribution in [0.25, 0.3) is 0 Å². The lowest BCUT2D eigenvalue weighted by Gasteiger charge is -2.27. The molecule has 0 radical (unpaired) electrons. The van der Waals surface area contributed by atoms with E-state index in [0.717, 1.165) is 12.8 Å². The van der Waals surface area contributed by atoms with Gasteiger partial charge in [-0.15, -0.1) is 0 Å². The zero-order chi connectivity index (χ0) is 13.1. The maximum absolute atomic E-state index is 11.7. The molecule has 2 rings (SSSR count). The Balaban J connectivity index is 2.15. The summed E-state index contributed by atoms with van der Waals surface area (Å²) in [5, 5.41) is 8.93. The quantitative estimate of drug-likeness (QED) is 0.894. The lowest BCUT2D eigenvalue weighted by atomic mass is 9.82. The second-order valence-electron chi connectivity index (χ2n) is 5.35. The summed E-state index contributed by atoms with van der Waals surface area (Å²) in [5.74, 6) is 0.221. The molecular weight excluding hydrogens is 230 g/mol. The lowest BCUT2D eigenvalue weighted by molar-refractivity contribution is 0.0695. The van der Waals surface area contributed by atoms with Crippen LogP contribution in [0.5, 0.6) is 0 Å². The Morgan fingerprint density at radius 1 is 1.44 bits per heavy atom. The van der Waals surface area contributed by atoms with Gasteiger partial charge in [0.05, 0.1) is 5.56 Å². The standard InChI is InChI=1S/C14H19NO3/c1-10-3-2-4-11(7-10)8-15-9-12(14(17)18)5-6-13(15)16/h5-6,9-11H,2-4,7-8H2,1H3,(H,17,18). The van der Waals surface area contributed by atoms with Crippen LogP contribution in [-0.4, -0.2) is 15.6 Å². The van der Waals surface area contributed by atoms with E-state index in [2.05, 4.69) is 6.92 Å². The Kier molecular flexibility index (Phi) is 3.84. The van der Waals surface area contributed by atoms with E-state index >= 15 is 0 Å². The van der Waals surface area contributed by atoms with Crippen LogP contribution in [-0.2, 0) is 6.54 Å². The van der Waals surface area contributed by atoms with Crippen molar-refractivity contribution in [1.29, 1.82) is 0 Å². The molecule has 0 bridgehead atoms. The largest absolute Gasteiger partial charge is 0.478 e. The first-order valence-electron chi connectivity index (χ1n) is 6.50. The average Bonchev–Trinajstić information content (AvgIpc) is 2.31. The summed E-state index contributed by atoms with van der Waals surface area (Å²) in [5.41, 5.74) is 0.0664. The van der Waals surface area contributed by atoms with Crippen LogP contribution in [0, 0.1) is 11.8 Å². The van der Waals surface area contributed by atoms with Gasteiger partial charge in [0.15, 0.2) is 0 Å². The molecule has 4 heteroatoms. The number of nitrogens with zero attached hydrogens (tertiary/aromatic N) is 1. The zero-order valence-electron chi connectivity index (χ0n) is 10.6. The van der Waals surface area contributed by atoms with Crippen molar-refractivity contribution in [3.05, 3.63) is 34.2 Å². The molecular formula is C14H19NO3. The van der Waals surface area contributed by atoms with Gasteiger partial charge in [0.25, 0.3) is 5.56 Å². The van der Waals surface area contributed by atoms with Crippen molar-refractivity contribution in [2.45, 2.75) is 39.2 Å². The molecule has 1 fully saturated rings. The highest BCUT2D eigenvalue weighted by atomic mass is 16.4. The Labute approximate surface area is 106 Å². The summed E-state index contributed by atoms with van der Waals surface area (Å²) in [6.45, 7) is 2.88. The van der Waals surface area contributed by atoms with Gasteiger partial charge in [0.2, 0.25) is 0 Å². The maximum Gasteiger partial charge on any atom is 0.337 e. The Hall–Kier alpha value is -1.58. The van der Waals surface area contributed by atoms with Crippen LogP contribution in [0.15, 0.2) is 23.1 Å². The van der Waals surface area contributed by atoms with Crippen LogP contribution in [0.1, 0.15) is 43.0 Å². The SMILES string of the molecule is CC1CCCC(Cn2cc(C(=O)O)ccc2=O)C1. The van der Waals surface area contributed by atoms with Gasteiger partial charge >= 0.3 is 5.97 Å². The average molecular weight is 249 g/mol. The first-order chi connectivity index (χ1) is 8.56. The summed E-state index contributed by atoms with van der Waals surface area (Å²) in [7, 11) is 0. The molecule has 1 aliphatic carbocycles. The minimum Gasteiger partial charge on any atom is -0.478 e. The number of pyridine rings is 1. The van der Waals surface area contributed by atoms with Crippen LogP contribution < -0.4 is 5.56 Å². The fourth-order valence-electron chi connectivity index (χ4n) is 2.80. The maximum atomic E-state index is 11.7. The predicted molar refractivity (Wildman–Crippen MR) is 68.8 cm³/mol. The first-order valence-corrected chi connectivity index (χ1v) is 6.50. The Bertz CT molecular complexity index is 492. The van der Waals surface area contributed by atoms with Gasteiger partial charge in [0, 0.05) is 18.8 Å². The van der Waals surface area contributed by atoms with E-state index in [1.807, 2.05) is 0 Å². The molecule has 4 nitrogen and oxygen atoms in total. The second kappa shape index (κ2) is 5.38. The van der Waals surface area contributed by atoms with E-state index in [4.69, 9.17) is 5.11 Å². The molecule has 18 heavy (non-hydrogen) atoms. The normalized spacial score (nSPS) is 23.8. The van der Waals surface area contributed by atoms with Gasteiger partial charge in [-0.2, -0.15) is 0 Å². The van der Waals surface area contributed by atoms with Gasteiger partial charge < -0.3 is 9.67 Å².